The molecule has 0 spiro atoms. The SMILES string of the molecule is CC1(C)C(=O)NCCN1CC(=O)N1CCCNCC1. The number of rotatable bonds is 2. The van der Waals surface area contributed by atoms with Gasteiger partial charge in [0.15, 0.2) is 0 Å². The molecule has 2 fully saturated rings. The Hall–Kier alpha value is -1.14. The van der Waals surface area contributed by atoms with Crippen molar-refractivity contribution in [1.82, 2.24) is 20.4 Å². The van der Waals surface area contributed by atoms with Gasteiger partial charge in [0.05, 0.1) is 12.1 Å². The van der Waals surface area contributed by atoms with Crippen molar-refractivity contribution in [3.05, 3.63) is 0 Å². The maximum atomic E-state index is 12.3. The van der Waals surface area contributed by atoms with E-state index < -0.39 is 5.54 Å². The molecule has 0 atom stereocenters. The quantitative estimate of drug-likeness (QED) is 0.675. The van der Waals surface area contributed by atoms with Gasteiger partial charge in [-0.2, -0.15) is 0 Å². The van der Waals surface area contributed by atoms with Crippen LogP contribution < -0.4 is 10.6 Å². The summed E-state index contributed by atoms with van der Waals surface area (Å²) in [4.78, 5) is 28.1. The van der Waals surface area contributed by atoms with E-state index in [1.807, 2.05) is 23.6 Å². The first-order chi connectivity index (χ1) is 9.01. The predicted octanol–water partition coefficient (Wildman–Crippen LogP) is -0.981. The first kappa shape index (κ1) is 14.3. The third kappa shape index (κ3) is 3.25. The lowest BCUT2D eigenvalue weighted by Crippen LogP contribution is -2.63. The number of hydrogen-bond acceptors (Lipinski definition) is 4. The normalized spacial score (nSPS) is 24.7. The Kier molecular flexibility index (Phi) is 4.42. The number of nitrogens with zero attached hydrogens (tertiary/aromatic N) is 2. The van der Waals surface area contributed by atoms with Gasteiger partial charge in [-0.25, -0.2) is 0 Å². The predicted molar refractivity (Wildman–Crippen MR) is 72.7 cm³/mol. The monoisotopic (exact) mass is 268 g/mol. The highest BCUT2D eigenvalue weighted by Gasteiger charge is 2.38. The molecule has 2 aliphatic rings. The molecule has 0 saturated carbocycles. The summed E-state index contributed by atoms with van der Waals surface area (Å²) in [5.41, 5.74) is -0.599. The summed E-state index contributed by atoms with van der Waals surface area (Å²) in [6, 6.07) is 0. The van der Waals surface area contributed by atoms with Gasteiger partial charge in [-0.05, 0) is 26.8 Å². The van der Waals surface area contributed by atoms with Crippen molar-refractivity contribution in [3.8, 4) is 0 Å². The Morgan fingerprint density at radius 3 is 2.79 bits per heavy atom. The lowest BCUT2D eigenvalue weighted by atomic mass is 9.99. The molecule has 6 nitrogen and oxygen atoms in total. The van der Waals surface area contributed by atoms with Crippen molar-refractivity contribution >= 4 is 11.8 Å². The van der Waals surface area contributed by atoms with Gasteiger partial charge in [0.1, 0.15) is 0 Å². The van der Waals surface area contributed by atoms with Gasteiger partial charge in [0, 0.05) is 32.7 Å². The Labute approximate surface area is 114 Å². The molecule has 19 heavy (non-hydrogen) atoms. The summed E-state index contributed by atoms with van der Waals surface area (Å²) in [6.45, 7) is 8.84. The van der Waals surface area contributed by atoms with E-state index >= 15 is 0 Å². The number of nitrogens with one attached hydrogen (secondary N) is 2. The van der Waals surface area contributed by atoms with E-state index in [0.717, 1.165) is 39.1 Å². The number of carbonyl (C=O) groups is 2. The van der Waals surface area contributed by atoms with Gasteiger partial charge in [0.25, 0.3) is 0 Å². The van der Waals surface area contributed by atoms with Crippen LogP contribution in [0.2, 0.25) is 0 Å². The van der Waals surface area contributed by atoms with E-state index in [0.29, 0.717) is 13.1 Å². The Balaban J connectivity index is 1.95. The Bertz CT molecular complexity index is 349. The molecule has 2 rings (SSSR count). The fraction of sp³-hybridized carbons (Fsp3) is 0.846. The molecular formula is C13H24N4O2. The summed E-state index contributed by atoms with van der Waals surface area (Å²) < 4.78 is 0. The molecule has 6 heteroatoms. The third-order valence-corrected chi connectivity index (χ3v) is 4.03. The van der Waals surface area contributed by atoms with E-state index in [4.69, 9.17) is 0 Å². The van der Waals surface area contributed by atoms with Gasteiger partial charge in [0.2, 0.25) is 11.8 Å². The minimum atomic E-state index is -0.599. The molecule has 0 aromatic carbocycles. The van der Waals surface area contributed by atoms with Crippen molar-refractivity contribution in [2.45, 2.75) is 25.8 Å². The number of amides is 2. The second kappa shape index (κ2) is 5.88. The molecule has 0 bridgehead atoms. The number of piperazine rings is 1. The highest BCUT2D eigenvalue weighted by atomic mass is 16.2. The minimum absolute atomic E-state index is 0.00378. The van der Waals surface area contributed by atoms with E-state index in [1.54, 1.807) is 0 Å². The summed E-state index contributed by atoms with van der Waals surface area (Å²) in [6.07, 6.45) is 0.996. The number of carbonyl (C=O) groups excluding carboxylic acids is 2. The van der Waals surface area contributed by atoms with E-state index in [2.05, 4.69) is 10.6 Å². The molecular weight excluding hydrogens is 244 g/mol. The van der Waals surface area contributed by atoms with Crippen LogP contribution in [-0.4, -0.2) is 73.0 Å². The average Bonchev–Trinajstić information content (AvgIpc) is 2.64. The summed E-state index contributed by atoms with van der Waals surface area (Å²) >= 11 is 0. The molecule has 0 aromatic heterocycles. The van der Waals surface area contributed by atoms with E-state index in [-0.39, 0.29) is 11.8 Å². The first-order valence-electron chi connectivity index (χ1n) is 7.03. The molecule has 2 heterocycles. The smallest absolute Gasteiger partial charge is 0.240 e. The van der Waals surface area contributed by atoms with Crippen LogP contribution in [0.25, 0.3) is 0 Å². The lowest BCUT2D eigenvalue weighted by molar-refractivity contribution is -0.140. The molecule has 108 valence electrons. The van der Waals surface area contributed by atoms with E-state index in [9.17, 15) is 9.59 Å². The fourth-order valence-electron chi connectivity index (χ4n) is 2.58. The van der Waals surface area contributed by atoms with Crippen molar-refractivity contribution in [2.24, 2.45) is 0 Å². The van der Waals surface area contributed by atoms with Crippen molar-refractivity contribution in [1.29, 1.82) is 0 Å². The fourth-order valence-corrected chi connectivity index (χ4v) is 2.58. The zero-order valence-corrected chi connectivity index (χ0v) is 11.9. The first-order valence-corrected chi connectivity index (χ1v) is 7.03. The topological polar surface area (TPSA) is 64.7 Å². The second-order valence-electron chi connectivity index (χ2n) is 5.72. The van der Waals surface area contributed by atoms with Gasteiger partial charge >= 0.3 is 0 Å². The van der Waals surface area contributed by atoms with Crippen molar-refractivity contribution in [3.63, 3.8) is 0 Å². The molecule has 0 unspecified atom stereocenters. The molecule has 2 amide bonds. The highest BCUT2D eigenvalue weighted by molar-refractivity contribution is 5.87. The van der Waals surface area contributed by atoms with Crippen LogP contribution in [0.5, 0.6) is 0 Å². The van der Waals surface area contributed by atoms with Crippen molar-refractivity contribution < 1.29 is 9.59 Å². The molecule has 2 saturated heterocycles. The maximum Gasteiger partial charge on any atom is 0.240 e. The van der Waals surface area contributed by atoms with E-state index in [1.165, 1.54) is 0 Å². The summed E-state index contributed by atoms with van der Waals surface area (Å²) in [7, 11) is 0. The van der Waals surface area contributed by atoms with Crippen LogP contribution in [0.15, 0.2) is 0 Å². The summed E-state index contributed by atoms with van der Waals surface area (Å²) in [5.74, 6) is 0.135. The highest BCUT2D eigenvalue weighted by Crippen LogP contribution is 2.17. The van der Waals surface area contributed by atoms with Gasteiger partial charge in [-0.1, -0.05) is 0 Å². The third-order valence-electron chi connectivity index (χ3n) is 4.03. The Morgan fingerprint density at radius 1 is 1.21 bits per heavy atom. The molecule has 0 aliphatic carbocycles. The van der Waals surface area contributed by atoms with Crippen LogP contribution in [0.1, 0.15) is 20.3 Å². The van der Waals surface area contributed by atoms with Crippen LogP contribution in [0.4, 0.5) is 0 Å². The van der Waals surface area contributed by atoms with Crippen LogP contribution in [0, 0.1) is 0 Å². The maximum absolute atomic E-state index is 12.3. The standard InChI is InChI=1S/C13H24N4O2/c1-13(2)12(19)15-6-9-17(13)10-11(18)16-7-3-4-14-5-8-16/h14H,3-10H2,1-2H3,(H,15,19). The van der Waals surface area contributed by atoms with Crippen LogP contribution in [0.3, 0.4) is 0 Å². The molecule has 0 aromatic rings. The van der Waals surface area contributed by atoms with Crippen LogP contribution >= 0.6 is 0 Å². The lowest BCUT2D eigenvalue weighted by Gasteiger charge is -2.41. The van der Waals surface area contributed by atoms with Gasteiger partial charge in [-0.15, -0.1) is 0 Å². The molecule has 0 radical (unpaired) electrons. The second-order valence-corrected chi connectivity index (χ2v) is 5.72. The molecule has 2 N–H and O–H groups in total. The zero-order valence-electron chi connectivity index (χ0n) is 11.9. The van der Waals surface area contributed by atoms with Gasteiger partial charge < -0.3 is 15.5 Å². The molecule has 2 aliphatic heterocycles. The van der Waals surface area contributed by atoms with Crippen molar-refractivity contribution in [2.75, 3.05) is 45.8 Å². The summed E-state index contributed by atoms with van der Waals surface area (Å²) in [5, 5.41) is 6.14. The zero-order chi connectivity index (χ0) is 13.9. The largest absolute Gasteiger partial charge is 0.353 e. The van der Waals surface area contributed by atoms with Gasteiger partial charge in [-0.3, -0.25) is 14.5 Å². The minimum Gasteiger partial charge on any atom is -0.353 e. The van der Waals surface area contributed by atoms with Crippen LogP contribution in [-0.2, 0) is 9.59 Å². The average molecular weight is 268 g/mol. The number of hydrogen-bond donors (Lipinski definition) is 2. The Morgan fingerprint density at radius 2 is 2.00 bits per heavy atom.